The van der Waals surface area contributed by atoms with Crippen molar-refractivity contribution in [2.45, 2.75) is 26.2 Å². The minimum absolute atomic E-state index is 0.205. The Morgan fingerprint density at radius 2 is 2.27 bits per heavy atom. The zero-order valence-electron chi connectivity index (χ0n) is 6.85. The highest BCUT2D eigenvalue weighted by molar-refractivity contribution is 6.14. The van der Waals surface area contributed by atoms with Crippen LogP contribution in [0.4, 0.5) is 0 Å². The molecule has 1 saturated heterocycles. The van der Waals surface area contributed by atoms with Crippen LogP contribution in [0.5, 0.6) is 0 Å². The van der Waals surface area contributed by atoms with Crippen LogP contribution in [-0.4, -0.2) is 23.3 Å². The molecule has 0 aromatic heterocycles. The van der Waals surface area contributed by atoms with Crippen LogP contribution in [-0.2, 0) is 4.79 Å². The van der Waals surface area contributed by atoms with E-state index >= 15 is 0 Å². The molecule has 0 N–H and O–H groups in total. The van der Waals surface area contributed by atoms with Gasteiger partial charge >= 0.3 is 0 Å². The zero-order chi connectivity index (χ0) is 8.27. The topological polar surface area (TPSA) is 20.3 Å². The van der Waals surface area contributed by atoms with Crippen molar-refractivity contribution in [1.82, 2.24) is 4.42 Å². The van der Waals surface area contributed by atoms with Gasteiger partial charge in [0.1, 0.15) is 0 Å². The summed E-state index contributed by atoms with van der Waals surface area (Å²) >= 11 is 5.77. The summed E-state index contributed by atoms with van der Waals surface area (Å²) < 4.78 is 1.60. The molecule has 1 atom stereocenters. The van der Waals surface area contributed by atoms with Crippen molar-refractivity contribution >= 4 is 17.6 Å². The number of nitrogens with zero attached hydrogens (tertiary/aromatic N) is 1. The van der Waals surface area contributed by atoms with E-state index in [2.05, 4.69) is 0 Å². The molecule has 2 nitrogen and oxygen atoms in total. The third-order valence-corrected chi connectivity index (χ3v) is 2.45. The molecule has 1 aliphatic heterocycles. The van der Waals surface area contributed by atoms with Crippen molar-refractivity contribution in [3.63, 3.8) is 0 Å². The van der Waals surface area contributed by atoms with E-state index < -0.39 is 0 Å². The molecule has 0 spiro atoms. The maximum absolute atomic E-state index is 11.3. The second-order valence-electron chi connectivity index (χ2n) is 3.21. The lowest BCUT2D eigenvalue weighted by molar-refractivity contribution is -0.123. The average molecular weight is 176 g/mol. The molecule has 0 saturated carbocycles. The lowest BCUT2D eigenvalue weighted by atomic mass is 9.98. The minimum Gasteiger partial charge on any atom is -0.298 e. The van der Waals surface area contributed by atoms with Crippen molar-refractivity contribution in [2.75, 3.05) is 13.1 Å². The molecule has 0 amide bonds. The van der Waals surface area contributed by atoms with Crippen molar-refractivity contribution in [1.29, 1.82) is 0 Å². The van der Waals surface area contributed by atoms with Crippen LogP contribution < -0.4 is 0 Å². The first kappa shape index (κ1) is 9.01. The lowest BCUT2D eigenvalue weighted by Crippen LogP contribution is -2.28. The third kappa shape index (κ3) is 2.80. The fraction of sp³-hybridized carbons (Fsp3) is 0.875. The van der Waals surface area contributed by atoms with E-state index in [1.165, 1.54) is 0 Å². The molecule has 3 heteroatoms. The number of carbonyl (C=O) groups is 1. The van der Waals surface area contributed by atoms with Crippen molar-refractivity contribution in [2.24, 2.45) is 5.92 Å². The van der Waals surface area contributed by atoms with Gasteiger partial charge in [-0.25, -0.2) is 4.42 Å². The zero-order valence-corrected chi connectivity index (χ0v) is 7.60. The normalized spacial score (nSPS) is 29.6. The molecule has 64 valence electrons. The molecular formula is C8H14ClNO. The van der Waals surface area contributed by atoms with E-state index in [0.717, 1.165) is 25.8 Å². The van der Waals surface area contributed by atoms with E-state index in [-0.39, 0.29) is 11.7 Å². The minimum atomic E-state index is 0.205. The van der Waals surface area contributed by atoms with Crippen LogP contribution >= 0.6 is 11.8 Å². The van der Waals surface area contributed by atoms with Crippen molar-refractivity contribution < 1.29 is 4.79 Å². The highest BCUT2D eigenvalue weighted by atomic mass is 35.5. The van der Waals surface area contributed by atoms with Gasteiger partial charge in [-0.05, 0) is 24.6 Å². The number of ketones is 1. The second kappa shape index (κ2) is 4.07. The van der Waals surface area contributed by atoms with Crippen LogP contribution in [0.2, 0.25) is 0 Å². The van der Waals surface area contributed by atoms with Crippen LogP contribution in [0.1, 0.15) is 26.2 Å². The molecule has 0 aromatic rings. The molecule has 1 unspecified atom stereocenters. The predicted molar refractivity (Wildman–Crippen MR) is 45.4 cm³/mol. The maximum atomic E-state index is 11.3. The van der Waals surface area contributed by atoms with Crippen LogP contribution in [0.3, 0.4) is 0 Å². The quantitative estimate of drug-likeness (QED) is 0.524. The first-order chi connectivity index (χ1) is 5.20. The molecule has 1 rings (SSSR count). The molecule has 1 aliphatic rings. The highest BCUT2D eigenvalue weighted by Gasteiger charge is 2.17. The second-order valence-corrected chi connectivity index (χ2v) is 3.69. The molecule has 0 bridgehead atoms. The van der Waals surface area contributed by atoms with Crippen LogP contribution in [0, 0.1) is 5.92 Å². The number of hydrogen-bond donors (Lipinski definition) is 0. The summed E-state index contributed by atoms with van der Waals surface area (Å²) in [5.41, 5.74) is 0. The molecule has 0 aromatic carbocycles. The van der Waals surface area contributed by atoms with Gasteiger partial charge in [-0.15, -0.1) is 0 Å². The summed E-state index contributed by atoms with van der Waals surface area (Å²) in [7, 11) is 0. The molecule has 0 radical (unpaired) electrons. The fourth-order valence-electron chi connectivity index (χ4n) is 1.30. The van der Waals surface area contributed by atoms with Gasteiger partial charge in [-0.2, -0.15) is 0 Å². The van der Waals surface area contributed by atoms with E-state index in [4.69, 9.17) is 11.8 Å². The van der Waals surface area contributed by atoms with E-state index in [1.807, 2.05) is 6.92 Å². The van der Waals surface area contributed by atoms with Gasteiger partial charge in [0.05, 0.1) is 6.54 Å². The number of Topliss-reactive ketones (excluding diaryl/α,β-unsaturated/α-hetero) is 1. The average Bonchev–Trinajstić information content (AvgIpc) is 1.95. The Balaban J connectivity index is 2.45. The third-order valence-electron chi connectivity index (χ3n) is 2.16. The maximum Gasteiger partial charge on any atom is 0.150 e. The summed E-state index contributed by atoms with van der Waals surface area (Å²) in [6, 6.07) is 0. The Hall–Kier alpha value is -0.0800. The smallest absolute Gasteiger partial charge is 0.150 e. The number of hydrogen-bond acceptors (Lipinski definition) is 2. The van der Waals surface area contributed by atoms with Gasteiger partial charge < -0.3 is 0 Å². The van der Waals surface area contributed by atoms with Crippen LogP contribution in [0.15, 0.2) is 0 Å². The summed E-state index contributed by atoms with van der Waals surface area (Å²) in [6.45, 7) is 3.25. The molecule has 1 fully saturated rings. The van der Waals surface area contributed by atoms with Gasteiger partial charge in [0.25, 0.3) is 0 Å². The Labute approximate surface area is 72.6 Å². The predicted octanol–water partition coefficient (Wildman–Crippen LogP) is 1.83. The van der Waals surface area contributed by atoms with E-state index in [9.17, 15) is 4.79 Å². The number of carbonyl (C=O) groups excluding carboxylic acids is 1. The summed E-state index contributed by atoms with van der Waals surface area (Å²) in [5.74, 6) is 0.483. The monoisotopic (exact) mass is 175 g/mol. The summed E-state index contributed by atoms with van der Waals surface area (Å²) in [6.07, 6.45) is 3.26. The van der Waals surface area contributed by atoms with Gasteiger partial charge in [-0.3, -0.25) is 4.79 Å². The fourth-order valence-corrected chi connectivity index (χ4v) is 1.54. The van der Waals surface area contributed by atoms with Gasteiger partial charge in [0, 0.05) is 12.5 Å². The standard InChI is InChI=1S/C8H14ClNO/c1-7-4-2-3-5-10(9)6-8(7)11/h7H,2-6H2,1H3. The highest BCUT2D eigenvalue weighted by Crippen LogP contribution is 2.14. The molecule has 0 aliphatic carbocycles. The molecule has 11 heavy (non-hydrogen) atoms. The van der Waals surface area contributed by atoms with E-state index in [0.29, 0.717) is 6.54 Å². The van der Waals surface area contributed by atoms with Crippen LogP contribution in [0.25, 0.3) is 0 Å². The first-order valence-electron chi connectivity index (χ1n) is 4.13. The number of rotatable bonds is 0. The summed E-state index contributed by atoms with van der Waals surface area (Å²) in [4.78, 5) is 11.3. The Kier molecular flexibility index (Phi) is 3.34. The first-order valence-corrected chi connectivity index (χ1v) is 4.47. The van der Waals surface area contributed by atoms with Gasteiger partial charge in [0.2, 0.25) is 0 Å². The Morgan fingerprint density at radius 3 is 3.00 bits per heavy atom. The van der Waals surface area contributed by atoms with Gasteiger partial charge in [-0.1, -0.05) is 13.3 Å². The van der Waals surface area contributed by atoms with E-state index in [1.54, 1.807) is 4.42 Å². The molecular weight excluding hydrogens is 162 g/mol. The Bertz CT molecular complexity index is 149. The number of halogens is 1. The van der Waals surface area contributed by atoms with Crippen molar-refractivity contribution in [3.05, 3.63) is 0 Å². The lowest BCUT2D eigenvalue weighted by Gasteiger charge is -2.19. The molecule has 1 heterocycles. The Morgan fingerprint density at radius 1 is 1.55 bits per heavy atom. The van der Waals surface area contributed by atoms with Crippen molar-refractivity contribution in [3.8, 4) is 0 Å². The summed E-state index contributed by atoms with van der Waals surface area (Å²) in [5, 5.41) is 0. The SMILES string of the molecule is CC1CCCCN(Cl)CC1=O. The largest absolute Gasteiger partial charge is 0.298 e. The van der Waals surface area contributed by atoms with Gasteiger partial charge in [0.15, 0.2) is 5.78 Å².